The molecular formula is C13H20FN. The molecule has 0 amide bonds. The van der Waals surface area contributed by atoms with Crippen LogP contribution in [-0.2, 0) is 0 Å². The minimum atomic E-state index is -0.0922. The van der Waals surface area contributed by atoms with Gasteiger partial charge in [-0.05, 0) is 32.0 Å². The summed E-state index contributed by atoms with van der Waals surface area (Å²) in [5.41, 5.74) is 1.76. The lowest BCUT2D eigenvalue weighted by Crippen LogP contribution is -2.17. The Bertz CT molecular complexity index is 309. The third-order valence-corrected chi connectivity index (χ3v) is 2.73. The molecule has 0 saturated heterocycles. The first-order valence-corrected chi connectivity index (χ1v) is 5.62. The van der Waals surface area contributed by atoms with Crippen LogP contribution in [0.25, 0.3) is 0 Å². The molecule has 0 aliphatic carbocycles. The van der Waals surface area contributed by atoms with Gasteiger partial charge in [0.05, 0.1) is 0 Å². The number of rotatable bonds is 5. The van der Waals surface area contributed by atoms with Gasteiger partial charge in [-0.25, -0.2) is 4.39 Å². The van der Waals surface area contributed by atoms with Crippen LogP contribution >= 0.6 is 0 Å². The third-order valence-electron chi connectivity index (χ3n) is 2.73. The van der Waals surface area contributed by atoms with E-state index in [9.17, 15) is 4.39 Å². The van der Waals surface area contributed by atoms with Crippen molar-refractivity contribution in [2.45, 2.75) is 39.2 Å². The highest BCUT2D eigenvalue weighted by Crippen LogP contribution is 2.22. The molecular weight excluding hydrogens is 189 g/mol. The molecule has 0 saturated carbocycles. The normalized spacial score (nSPS) is 12.8. The lowest BCUT2D eigenvalue weighted by Gasteiger charge is -2.17. The van der Waals surface area contributed by atoms with E-state index < -0.39 is 0 Å². The smallest absolute Gasteiger partial charge is 0.128 e. The van der Waals surface area contributed by atoms with Gasteiger partial charge in [0.2, 0.25) is 0 Å². The Balaban J connectivity index is 2.81. The van der Waals surface area contributed by atoms with Crippen molar-refractivity contribution in [1.29, 1.82) is 0 Å². The molecule has 0 heterocycles. The van der Waals surface area contributed by atoms with Crippen molar-refractivity contribution >= 4 is 0 Å². The average molecular weight is 209 g/mol. The molecule has 0 aromatic heterocycles. The van der Waals surface area contributed by atoms with E-state index in [2.05, 4.69) is 12.2 Å². The van der Waals surface area contributed by atoms with Gasteiger partial charge in [-0.1, -0.05) is 31.9 Å². The lowest BCUT2D eigenvalue weighted by atomic mass is 9.99. The van der Waals surface area contributed by atoms with Gasteiger partial charge in [-0.3, -0.25) is 0 Å². The summed E-state index contributed by atoms with van der Waals surface area (Å²) in [6.45, 7) is 4.06. The second kappa shape index (κ2) is 5.86. The fourth-order valence-electron chi connectivity index (χ4n) is 1.78. The summed E-state index contributed by atoms with van der Waals surface area (Å²) < 4.78 is 13.7. The van der Waals surface area contributed by atoms with E-state index in [0.717, 1.165) is 30.4 Å². The SMILES string of the molecule is CCCCC(NC)c1ccc(C)cc1F. The maximum atomic E-state index is 13.7. The van der Waals surface area contributed by atoms with Crippen molar-refractivity contribution in [3.8, 4) is 0 Å². The van der Waals surface area contributed by atoms with Crippen molar-refractivity contribution in [1.82, 2.24) is 5.32 Å². The van der Waals surface area contributed by atoms with Crippen LogP contribution in [-0.4, -0.2) is 7.05 Å². The van der Waals surface area contributed by atoms with E-state index in [1.165, 1.54) is 0 Å². The topological polar surface area (TPSA) is 12.0 Å². The zero-order valence-electron chi connectivity index (χ0n) is 9.81. The molecule has 0 aliphatic heterocycles. The Kier molecular flexibility index (Phi) is 4.76. The molecule has 0 radical (unpaired) electrons. The molecule has 2 heteroatoms. The van der Waals surface area contributed by atoms with Crippen molar-refractivity contribution in [3.63, 3.8) is 0 Å². The number of nitrogens with one attached hydrogen (secondary N) is 1. The van der Waals surface area contributed by atoms with Gasteiger partial charge >= 0.3 is 0 Å². The van der Waals surface area contributed by atoms with Gasteiger partial charge in [0.1, 0.15) is 5.82 Å². The van der Waals surface area contributed by atoms with Crippen molar-refractivity contribution in [2.24, 2.45) is 0 Å². The van der Waals surface area contributed by atoms with Gasteiger partial charge in [0.25, 0.3) is 0 Å². The molecule has 15 heavy (non-hydrogen) atoms. The number of aryl methyl sites for hydroxylation is 1. The maximum Gasteiger partial charge on any atom is 0.128 e. The maximum absolute atomic E-state index is 13.7. The molecule has 0 spiro atoms. The molecule has 84 valence electrons. The quantitative estimate of drug-likeness (QED) is 0.781. The van der Waals surface area contributed by atoms with Gasteiger partial charge in [0, 0.05) is 11.6 Å². The van der Waals surface area contributed by atoms with E-state index in [-0.39, 0.29) is 11.9 Å². The molecule has 1 aromatic carbocycles. The summed E-state index contributed by atoms with van der Waals surface area (Å²) in [7, 11) is 1.89. The number of unbranched alkanes of at least 4 members (excludes halogenated alkanes) is 1. The Morgan fingerprint density at radius 3 is 2.67 bits per heavy atom. The second-order valence-corrected chi connectivity index (χ2v) is 4.01. The zero-order chi connectivity index (χ0) is 11.3. The summed E-state index contributed by atoms with van der Waals surface area (Å²) in [6.07, 6.45) is 3.26. The minimum absolute atomic E-state index is 0.0922. The Morgan fingerprint density at radius 2 is 2.13 bits per heavy atom. The number of benzene rings is 1. The molecule has 1 atom stereocenters. The first-order valence-electron chi connectivity index (χ1n) is 5.62. The summed E-state index contributed by atoms with van der Waals surface area (Å²) in [5.74, 6) is -0.0922. The zero-order valence-corrected chi connectivity index (χ0v) is 9.81. The highest BCUT2D eigenvalue weighted by molar-refractivity contribution is 5.26. The fourth-order valence-corrected chi connectivity index (χ4v) is 1.78. The monoisotopic (exact) mass is 209 g/mol. The summed E-state index contributed by atoms with van der Waals surface area (Å²) in [4.78, 5) is 0. The van der Waals surface area contributed by atoms with Crippen LogP contribution in [0.3, 0.4) is 0 Å². The molecule has 1 nitrogen and oxygen atoms in total. The Labute approximate surface area is 91.7 Å². The van der Waals surface area contributed by atoms with Crippen LogP contribution in [0, 0.1) is 12.7 Å². The standard InChI is InChI=1S/C13H20FN/c1-4-5-6-13(15-3)11-8-7-10(2)9-12(11)14/h7-9,13,15H,4-6H2,1-3H3. The van der Waals surface area contributed by atoms with Crippen LogP contribution in [0.15, 0.2) is 18.2 Å². The summed E-state index contributed by atoms with van der Waals surface area (Å²) >= 11 is 0. The van der Waals surface area contributed by atoms with Gasteiger partial charge in [-0.2, -0.15) is 0 Å². The van der Waals surface area contributed by atoms with Gasteiger partial charge in [0.15, 0.2) is 0 Å². The average Bonchev–Trinajstić information content (AvgIpc) is 2.21. The van der Waals surface area contributed by atoms with Crippen molar-refractivity contribution < 1.29 is 4.39 Å². The van der Waals surface area contributed by atoms with Crippen molar-refractivity contribution in [2.75, 3.05) is 7.05 Å². The number of hydrogen-bond donors (Lipinski definition) is 1. The molecule has 1 unspecified atom stereocenters. The molecule has 0 bridgehead atoms. The minimum Gasteiger partial charge on any atom is -0.313 e. The first kappa shape index (κ1) is 12.2. The number of halogens is 1. The van der Waals surface area contributed by atoms with Crippen LogP contribution in [0.4, 0.5) is 4.39 Å². The second-order valence-electron chi connectivity index (χ2n) is 4.01. The van der Waals surface area contributed by atoms with E-state index in [0.29, 0.717) is 0 Å². The molecule has 1 rings (SSSR count). The molecule has 0 fully saturated rings. The fraction of sp³-hybridized carbons (Fsp3) is 0.538. The lowest BCUT2D eigenvalue weighted by molar-refractivity contribution is 0.491. The van der Waals surface area contributed by atoms with Gasteiger partial charge in [-0.15, -0.1) is 0 Å². The van der Waals surface area contributed by atoms with Crippen LogP contribution in [0.2, 0.25) is 0 Å². The third kappa shape index (κ3) is 3.31. The van der Waals surface area contributed by atoms with Crippen LogP contribution < -0.4 is 5.32 Å². The summed E-state index contributed by atoms with van der Waals surface area (Å²) in [5, 5.41) is 3.17. The Hall–Kier alpha value is -0.890. The van der Waals surface area contributed by atoms with Crippen molar-refractivity contribution in [3.05, 3.63) is 35.1 Å². The van der Waals surface area contributed by atoms with Crippen LogP contribution in [0.5, 0.6) is 0 Å². The molecule has 1 N–H and O–H groups in total. The first-order chi connectivity index (χ1) is 7.19. The highest BCUT2D eigenvalue weighted by atomic mass is 19.1. The highest BCUT2D eigenvalue weighted by Gasteiger charge is 2.12. The Morgan fingerprint density at radius 1 is 1.40 bits per heavy atom. The summed E-state index contributed by atoms with van der Waals surface area (Å²) in [6, 6.07) is 5.60. The predicted molar refractivity (Wildman–Crippen MR) is 62.5 cm³/mol. The van der Waals surface area contributed by atoms with E-state index in [1.54, 1.807) is 6.07 Å². The van der Waals surface area contributed by atoms with E-state index >= 15 is 0 Å². The number of hydrogen-bond acceptors (Lipinski definition) is 1. The molecule has 1 aromatic rings. The van der Waals surface area contributed by atoms with Crippen LogP contribution in [0.1, 0.15) is 43.4 Å². The predicted octanol–water partition coefficient (Wildman–Crippen LogP) is 3.58. The molecule has 0 aliphatic rings. The van der Waals surface area contributed by atoms with E-state index in [4.69, 9.17) is 0 Å². The van der Waals surface area contributed by atoms with E-state index in [1.807, 2.05) is 26.1 Å². The van der Waals surface area contributed by atoms with Gasteiger partial charge < -0.3 is 5.32 Å². The largest absolute Gasteiger partial charge is 0.313 e.